The molecule has 0 aliphatic carbocycles. The molecule has 0 bridgehead atoms. The van der Waals surface area contributed by atoms with E-state index in [1.54, 1.807) is 12.1 Å². The predicted molar refractivity (Wildman–Crippen MR) is 82.6 cm³/mol. The number of carbonyl (C=O) groups is 1. The minimum Gasteiger partial charge on any atom is -0.324 e. The molecule has 1 aliphatic heterocycles. The molecule has 1 unspecified atom stereocenters. The SMILES string of the molecule is NC1C(=O)Nc2cc(Sc3cc(Cl)ccc3Cl)ccc21. The van der Waals surface area contributed by atoms with Gasteiger partial charge in [-0.25, -0.2) is 0 Å². The van der Waals surface area contributed by atoms with Gasteiger partial charge < -0.3 is 11.1 Å². The van der Waals surface area contributed by atoms with E-state index < -0.39 is 6.04 Å². The van der Waals surface area contributed by atoms with Gasteiger partial charge in [-0.1, -0.05) is 41.0 Å². The third-order valence-electron chi connectivity index (χ3n) is 3.02. The van der Waals surface area contributed by atoms with Crippen LogP contribution in [0.4, 0.5) is 5.69 Å². The molecule has 102 valence electrons. The first-order chi connectivity index (χ1) is 9.54. The van der Waals surface area contributed by atoms with Crippen LogP contribution < -0.4 is 11.1 Å². The molecule has 3 N–H and O–H groups in total. The zero-order valence-corrected chi connectivity index (χ0v) is 12.5. The van der Waals surface area contributed by atoms with Gasteiger partial charge in [-0.05, 0) is 30.3 Å². The van der Waals surface area contributed by atoms with E-state index in [4.69, 9.17) is 28.9 Å². The van der Waals surface area contributed by atoms with Gasteiger partial charge in [-0.15, -0.1) is 0 Å². The molecule has 2 aromatic rings. The van der Waals surface area contributed by atoms with Crippen molar-refractivity contribution in [3.05, 3.63) is 52.0 Å². The Kier molecular flexibility index (Phi) is 3.65. The van der Waals surface area contributed by atoms with Gasteiger partial charge >= 0.3 is 0 Å². The summed E-state index contributed by atoms with van der Waals surface area (Å²) in [6, 6.07) is 10.4. The number of benzene rings is 2. The molecule has 0 aromatic heterocycles. The molecule has 2 aromatic carbocycles. The summed E-state index contributed by atoms with van der Waals surface area (Å²) >= 11 is 13.6. The van der Waals surface area contributed by atoms with Gasteiger partial charge in [-0.2, -0.15) is 0 Å². The van der Waals surface area contributed by atoms with Crippen LogP contribution in [0.1, 0.15) is 11.6 Å². The van der Waals surface area contributed by atoms with Gasteiger partial charge in [0.05, 0.1) is 5.02 Å². The number of hydrogen-bond donors (Lipinski definition) is 2. The van der Waals surface area contributed by atoms with E-state index in [1.165, 1.54) is 11.8 Å². The third kappa shape index (κ3) is 2.52. The van der Waals surface area contributed by atoms with Crippen LogP contribution >= 0.6 is 35.0 Å². The Hall–Kier alpha value is -1.20. The average Bonchev–Trinajstić information content (AvgIpc) is 2.69. The minimum absolute atomic E-state index is 0.178. The molecule has 3 nitrogen and oxygen atoms in total. The molecule has 1 aliphatic rings. The van der Waals surface area contributed by atoms with Crippen molar-refractivity contribution < 1.29 is 4.79 Å². The van der Waals surface area contributed by atoms with Gasteiger partial charge in [0.2, 0.25) is 5.91 Å². The maximum atomic E-state index is 11.5. The number of amides is 1. The minimum atomic E-state index is -0.584. The van der Waals surface area contributed by atoms with E-state index in [-0.39, 0.29) is 5.91 Å². The zero-order chi connectivity index (χ0) is 14.3. The summed E-state index contributed by atoms with van der Waals surface area (Å²) in [6.07, 6.45) is 0. The Morgan fingerprint density at radius 1 is 1.15 bits per heavy atom. The number of halogens is 2. The molecule has 3 rings (SSSR count). The maximum absolute atomic E-state index is 11.5. The fourth-order valence-electron chi connectivity index (χ4n) is 2.01. The summed E-state index contributed by atoms with van der Waals surface area (Å²) < 4.78 is 0. The lowest BCUT2D eigenvalue weighted by atomic mass is 10.1. The van der Waals surface area contributed by atoms with Gasteiger partial charge in [0.1, 0.15) is 6.04 Å². The van der Waals surface area contributed by atoms with Gasteiger partial charge in [0.25, 0.3) is 0 Å². The Morgan fingerprint density at radius 3 is 2.75 bits per heavy atom. The number of nitrogens with two attached hydrogens (primary N) is 1. The van der Waals surface area contributed by atoms with Crippen molar-refractivity contribution in [1.82, 2.24) is 0 Å². The largest absolute Gasteiger partial charge is 0.324 e. The van der Waals surface area contributed by atoms with Crippen molar-refractivity contribution in [3.63, 3.8) is 0 Å². The smallest absolute Gasteiger partial charge is 0.245 e. The van der Waals surface area contributed by atoms with E-state index in [1.807, 2.05) is 24.3 Å². The highest BCUT2D eigenvalue weighted by Crippen LogP contribution is 2.38. The van der Waals surface area contributed by atoms with Gasteiger partial charge in [-0.3, -0.25) is 4.79 Å². The van der Waals surface area contributed by atoms with Crippen LogP contribution in [0.2, 0.25) is 10.0 Å². The van der Waals surface area contributed by atoms with Crippen molar-refractivity contribution in [1.29, 1.82) is 0 Å². The van der Waals surface area contributed by atoms with Crippen LogP contribution in [0.5, 0.6) is 0 Å². The van der Waals surface area contributed by atoms with E-state index in [0.29, 0.717) is 10.0 Å². The number of anilines is 1. The molecule has 1 amide bonds. The summed E-state index contributed by atoms with van der Waals surface area (Å²) in [5.41, 5.74) is 7.35. The molecular weight excluding hydrogens is 315 g/mol. The van der Waals surface area contributed by atoms with Crippen molar-refractivity contribution in [3.8, 4) is 0 Å². The Morgan fingerprint density at radius 2 is 1.95 bits per heavy atom. The number of hydrogen-bond acceptors (Lipinski definition) is 3. The molecule has 0 radical (unpaired) electrons. The Labute approximate surface area is 130 Å². The van der Waals surface area contributed by atoms with Crippen LogP contribution in [0, 0.1) is 0 Å². The maximum Gasteiger partial charge on any atom is 0.245 e. The summed E-state index contributed by atoms with van der Waals surface area (Å²) in [5.74, 6) is -0.178. The lowest BCUT2D eigenvalue weighted by Crippen LogP contribution is -2.19. The van der Waals surface area contributed by atoms with Crippen LogP contribution in [0.25, 0.3) is 0 Å². The van der Waals surface area contributed by atoms with Gasteiger partial charge in [0.15, 0.2) is 0 Å². The number of fused-ring (bicyclic) bond motifs is 1. The van der Waals surface area contributed by atoms with E-state index in [9.17, 15) is 4.79 Å². The summed E-state index contributed by atoms with van der Waals surface area (Å²) in [7, 11) is 0. The fraction of sp³-hybridized carbons (Fsp3) is 0.0714. The van der Waals surface area contributed by atoms with Crippen LogP contribution in [0.15, 0.2) is 46.2 Å². The molecule has 0 saturated heterocycles. The third-order valence-corrected chi connectivity index (χ3v) is 4.75. The number of nitrogens with one attached hydrogen (secondary N) is 1. The number of carbonyl (C=O) groups excluding carboxylic acids is 1. The second kappa shape index (κ2) is 5.30. The number of rotatable bonds is 2. The molecule has 20 heavy (non-hydrogen) atoms. The van der Waals surface area contributed by atoms with Crippen LogP contribution in [0.3, 0.4) is 0 Å². The normalized spacial score (nSPS) is 16.9. The van der Waals surface area contributed by atoms with Crippen molar-refractivity contribution >= 4 is 46.6 Å². The van der Waals surface area contributed by atoms with Crippen LogP contribution in [-0.2, 0) is 4.79 Å². The van der Waals surface area contributed by atoms with E-state index >= 15 is 0 Å². The van der Waals surface area contributed by atoms with Gasteiger partial charge in [0, 0.05) is 26.1 Å². The highest BCUT2D eigenvalue weighted by molar-refractivity contribution is 7.99. The van der Waals surface area contributed by atoms with Crippen LogP contribution in [-0.4, -0.2) is 5.91 Å². The monoisotopic (exact) mass is 324 g/mol. The lowest BCUT2D eigenvalue weighted by molar-refractivity contribution is -0.116. The van der Waals surface area contributed by atoms with E-state index in [0.717, 1.165) is 21.0 Å². The van der Waals surface area contributed by atoms with Crippen molar-refractivity contribution in [2.75, 3.05) is 5.32 Å². The first kappa shape index (κ1) is 13.8. The first-order valence-electron chi connectivity index (χ1n) is 5.88. The standard InChI is InChI=1S/C14H10Cl2N2OS/c15-7-1-4-10(16)12(5-7)20-8-2-3-9-11(6-8)18-14(19)13(9)17/h1-6,13H,17H2,(H,18,19). The Balaban J connectivity index is 1.92. The molecule has 1 heterocycles. The zero-order valence-electron chi connectivity index (χ0n) is 10.2. The highest BCUT2D eigenvalue weighted by Gasteiger charge is 2.27. The molecule has 6 heteroatoms. The second-order valence-corrected chi connectivity index (χ2v) is 6.35. The first-order valence-corrected chi connectivity index (χ1v) is 7.45. The second-order valence-electron chi connectivity index (χ2n) is 4.39. The Bertz CT molecular complexity index is 706. The molecule has 0 fully saturated rings. The summed E-state index contributed by atoms with van der Waals surface area (Å²) in [6.45, 7) is 0. The van der Waals surface area contributed by atoms with Crippen molar-refractivity contribution in [2.45, 2.75) is 15.8 Å². The average molecular weight is 325 g/mol. The van der Waals surface area contributed by atoms with Crippen molar-refractivity contribution in [2.24, 2.45) is 5.73 Å². The van der Waals surface area contributed by atoms with E-state index in [2.05, 4.69) is 5.32 Å². The fourth-order valence-corrected chi connectivity index (χ4v) is 3.40. The molecule has 0 saturated carbocycles. The quantitative estimate of drug-likeness (QED) is 0.874. The molecule has 1 atom stereocenters. The summed E-state index contributed by atoms with van der Waals surface area (Å²) in [5, 5.41) is 4.04. The predicted octanol–water partition coefficient (Wildman–Crippen LogP) is 4.10. The lowest BCUT2D eigenvalue weighted by Gasteiger charge is -2.07. The topological polar surface area (TPSA) is 55.1 Å². The molecular formula is C14H10Cl2N2OS. The molecule has 0 spiro atoms. The highest BCUT2D eigenvalue weighted by atomic mass is 35.5. The summed E-state index contributed by atoms with van der Waals surface area (Å²) in [4.78, 5) is 13.3.